The lowest BCUT2D eigenvalue weighted by Crippen LogP contribution is -2.52. The van der Waals surface area contributed by atoms with Crippen LogP contribution >= 0.6 is 0 Å². The summed E-state index contributed by atoms with van der Waals surface area (Å²) >= 11 is 0. The predicted molar refractivity (Wildman–Crippen MR) is 76.1 cm³/mol. The topological polar surface area (TPSA) is 18.5 Å². The number of nitrogens with zero attached hydrogens (tertiary/aromatic N) is 2. The Morgan fingerprint density at radius 3 is 2.89 bits per heavy atom. The lowest BCUT2D eigenvalue weighted by atomic mass is 10.1. The van der Waals surface area contributed by atoms with Crippen LogP contribution in [0.1, 0.15) is 12.5 Å². The number of likely N-dealkylation sites (N-methyl/N-ethyl adjacent to an activating group) is 1. The third-order valence-electron chi connectivity index (χ3n) is 4.37. The molecule has 0 amide bonds. The van der Waals surface area contributed by atoms with Crippen LogP contribution in [-0.2, 0) is 6.42 Å². The van der Waals surface area contributed by atoms with Crippen molar-refractivity contribution in [3.8, 4) is 0 Å². The number of nitrogens with one attached hydrogen (secondary N) is 1. The Morgan fingerprint density at radius 1 is 1.28 bits per heavy atom. The lowest BCUT2D eigenvalue weighted by Gasteiger charge is -2.38. The molecule has 0 bridgehead atoms. The molecule has 2 aliphatic rings. The van der Waals surface area contributed by atoms with Crippen molar-refractivity contribution in [2.24, 2.45) is 0 Å². The summed E-state index contributed by atoms with van der Waals surface area (Å²) in [6, 6.07) is 9.98. The molecule has 0 aliphatic carbocycles. The van der Waals surface area contributed by atoms with Crippen LogP contribution in [0.4, 0.5) is 5.69 Å². The molecule has 1 aromatic carbocycles. The molecular weight excluding hydrogens is 222 g/mol. The number of benzene rings is 1. The van der Waals surface area contributed by atoms with Crippen molar-refractivity contribution in [1.82, 2.24) is 9.80 Å². The van der Waals surface area contributed by atoms with Crippen LogP contribution in [0.15, 0.2) is 24.3 Å². The molecule has 1 saturated heterocycles. The fourth-order valence-electron chi connectivity index (χ4n) is 3.09. The zero-order valence-corrected chi connectivity index (χ0v) is 11.4. The molecule has 3 rings (SSSR count). The first-order chi connectivity index (χ1) is 8.72. The number of piperazine rings is 1. The summed E-state index contributed by atoms with van der Waals surface area (Å²) in [6.07, 6.45) is 1.18. The summed E-state index contributed by atoms with van der Waals surface area (Å²) in [5.41, 5.74) is 2.81. The molecule has 1 aromatic rings. The number of hydrogen-bond donors (Lipinski definition) is 1. The van der Waals surface area contributed by atoms with Gasteiger partial charge < -0.3 is 10.2 Å². The van der Waals surface area contributed by atoms with Gasteiger partial charge in [0.05, 0.1) is 0 Å². The molecule has 3 nitrogen and oxygen atoms in total. The number of hydrogen-bond acceptors (Lipinski definition) is 3. The Kier molecular flexibility index (Phi) is 3.27. The van der Waals surface area contributed by atoms with Crippen molar-refractivity contribution < 1.29 is 0 Å². The largest absolute Gasteiger partial charge is 0.380 e. The van der Waals surface area contributed by atoms with Crippen LogP contribution in [0.5, 0.6) is 0 Å². The summed E-state index contributed by atoms with van der Waals surface area (Å²) in [4.78, 5) is 5.06. The number of para-hydroxylation sites is 1. The summed E-state index contributed by atoms with van der Waals surface area (Å²) < 4.78 is 0. The maximum atomic E-state index is 3.65. The quantitative estimate of drug-likeness (QED) is 0.855. The van der Waals surface area contributed by atoms with E-state index in [0.29, 0.717) is 12.1 Å². The Hall–Kier alpha value is -1.06. The molecule has 1 N–H and O–H groups in total. The van der Waals surface area contributed by atoms with Crippen LogP contribution in [0.2, 0.25) is 0 Å². The van der Waals surface area contributed by atoms with Crippen LogP contribution in [0, 0.1) is 0 Å². The van der Waals surface area contributed by atoms with Gasteiger partial charge in [0, 0.05) is 44.0 Å². The minimum absolute atomic E-state index is 0.595. The molecule has 98 valence electrons. The van der Waals surface area contributed by atoms with Crippen molar-refractivity contribution in [2.75, 3.05) is 38.5 Å². The second kappa shape index (κ2) is 4.90. The third kappa shape index (κ3) is 2.38. The van der Waals surface area contributed by atoms with Gasteiger partial charge in [0.1, 0.15) is 0 Å². The average molecular weight is 245 g/mol. The van der Waals surface area contributed by atoms with Gasteiger partial charge in [-0.05, 0) is 32.0 Å². The van der Waals surface area contributed by atoms with Crippen molar-refractivity contribution in [3.63, 3.8) is 0 Å². The third-order valence-corrected chi connectivity index (χ3v) is 4.37. The first kappa shape index (κ1) is 12.0. The van der Waals surface area contributed by atoms with E-state index in [9.17, 15) is 0 Å². The molecular formula is C15H23N3. The molecule has 2 unspecified atom stereocenters. The zero-order valence-electron chi connectivity index (χ0n) is 11.4. The highest BCUT2D eigenvalue weighted by atomic mass is 15.3. The van der Waals surface area contributed by atoms with Gasteiger partial charge in [-0.2, -0.15) is 0 Å². The van der Waals surface area contributed by atoms with Gasteiger partial charge in [0.25, 0.3) is 0 Å². The molecule has 18 heavy (non-hydrogen) atoms. The Balaban J connectivity index is 1.57. The van der Waals surface area contributed by atoms with E-state index >= 15 is 0 Å². The number of rotatable bonds is 2. The van der Waals surface area contributed by atoms with E-state index in [1.165, 1.54) is 43.9 Å². The van der Waals surface area contributed by atoms with Crippen LogP contribution in [0.25, 0.3) is 0 Å². The van der Waals surface area contributed by atoms with Gasteiger partial charge in [-0.1, -0.05) is 18.2 Å². The first-order valence-corrected chi connectivity index (χ1v) is 6.99. The molecule has 0 aromatic heterocycles. The summed E-state index contributed by atoms with van der Waals surface area (Å²) in [6.45, 7) is 7.09. The molecule has 3 heteroatoms. The van der Waals surface area contributed by atoms with Gasteiger partial charge in [0.15, 0.2) is 0 Å². The van der Waals surface area contributed by atoms with Gasteiger partial charge in [-0.25, -0.2) is 0 Å². The van der Waals surface area contributed by atoms with Crippen molar-refractivity contribution >= 4 is 5.69 Å². The van der Waals surface area contributed by atoms with Crippen molar-refractivity contribution in [2.45, 2.75) is 25.4 Å². The Morgan fingerprint density at radius 2 is 2.11 bits per heavy atom. The fourth-order valence-corrected chi connectivity index (χ4v) is 3.09. The molecule has 2 heterocycles. The van der Waals surface area contributed by atoms with Gasteiger partial charge in [-0.3, -0.25) is 4.90 Å². The van der Waals surface area contributed by atoms with Crippen LogP contribution in [0.3, 0.4) is 0 Å². The molecule has 0 saturated carbocycles. The van der Waals surface area contributed by atoms with E-state index < -0.39 is 0 Å². The number of fused-ring (bicyclic) bond motifs is 1. The van der Waals surface area contributed by atoms with Crippen LogP contribution < -0.4 is 5.32 Å². The Labute approximate surface area is 110 Å². The van der Waals surface area contributed by atoms with Crippen molar-refractivity contribution in [1.29, 1.82) is 0 Å². The van der Waals surface area contributed by atoms with E-state index in [1.54, 1.807) is 0 Å². The lowest BCUT2D eigenvalue weighted by molar-refractivity contribution is 0.102. The fraction of sp³-hybridized carbons (Fsp3) is 0.600. The highest BCUT2D eigenvalue weighted by molar-refractivity contribution is 5.56. The van der Waals surface area contributed by atoms with Gasteiger partial charge >= 0.3 is 0 Å². The monoisotopic (exact) mass is 245 g/mol. The minimum Gasteiger partial charge on any atom is -0.380 e. The minimum atomic E-state index is 0.595. The van der Waals surface area contributed by atoms with Crippen LogP contribution in [-0.4, -0.2) is 55.1 Å². The normalized spacial score (nSPS) is 29.0. The standard InChI is InChI=1S/C15H23N3/c1-12-10-18(8-7-17(12)2)11-14-9-13-5-3-4-6-15(13)16-14/h3-6,12,14,16H,7-11H2,1-2H3. The smallest absolute Gasteiger partial charge is 0.0429 e. The molecule has 1 fully saturated rings. The molecule has 0 spiro atoms. The molecule has 2 aliphatic heterocycles. The second-order valence-electron chi connectivity index (χ2n) is 5.79. The zero-order chi connectivity index (χ0) is 12.5. The highest BCUT2D eigenvalue weighted by Crippen LogP contribution is 2.25. The average Bonchev–Trinajstić information content (AvgIpc) is 2.76. The highest BCUT2D eigenvalue weighted by Gasteiger charge is 2.26. The second-order valence-corrected chi connectivity index (χ2v) is 5.79. The van der Waals surface area contributed by atoms with Crippen molar-refractivity contribution in [3.05, 3.63) is 29.8 Å². The van der Waals surface area contributed by atoms with Gasteiger partial charge in [-0.15, -0.1) is 0 Å². The van der Waals surface area contributed by atoms with E-state index in [0.717, 1.165) is 0 Å². The molecule has 2 atom stereocenters. The maximum absolute atomic E-state index is 3.65. The number of anilines is 1. The van der Waals surface area contributed by atoms with E-state index in [2.05, 4.69) is 53.4 Å². The predicted octanol–water partition coefficient (Wildman–Crippen LogP) is 1.66. The van der Waals surface area contributed by atoms with E-state index in [1.807, 2.05) is 0 Å². The Bertz CT molecular complexity index is 393. The van der Waals surface area contributed by atoms with E-state index in [-0.39, 0.29) is 0 Å². The van der Waals surface area contributed by atoms with E-state index in [4.69, 9.17) is 0 Å². The van der Waals surface area contributed by atoms with Gasteiger partial charge in [0.2, 0.25) is 0 Å². The summed E-state index contributed by atoms with van der Waals surface area (Å²) in [5.74, 6) is 0. The summed E-state index contributed by atoms with van der Waals surface area (Å²) in [7, 11) is 2.23. The molecule has 0 radical (unpaired) electrons. The SMILES string of the molecule is CC1CN(CC2Cc3ccccc3N2)CCN1C. The maximum Gasteiger partial charge on any atom is 0.0429 e. The summed E-state index contributed by atoms with van der Waals surface area (Å²) in [5, 5.41) is 3.65. The first-order valence-electron chi connectivity index (χ1n) is 6.99.